The van der Waals surface area contributed by atoms with E-state index in [9.17, 15) is 9.90 Å². The molecule has 1 aliphatic rings. The van der Waals surface area contributed by atoms with E-state index in [-0.39, 0.29) is 16.7 Å². The van der Waals surface area contributed by atoms with Crippen molar-refractivity contribution < 1.29 is 15.0 Å². The Bertz CT molecular complexity index is 432. The molecule has 1 unspecified atom stereocenters. The van der Waals surface area contributed by atoms with Gasteiger partial charge in [-0.3, -0.25) is 4.79 Å². The van der Waals surface area contributed by atoms with Crippen molar-refractivity contribution in [3.63, 3.8) is 0 Å². The summed E-state index contributed by atoms with van der Waals surface area (Å²) >= 11 is 5.77. The summed E-state index contributed by atoms with van der Waals surface area (Å²) in [5.41, 5.74) is 0.861. The number of halogens is 1. The van der Waals surface area contributed by atoms with Crippen LogP contribution >= 0.6 is 11.6 Å². The Kier molecular flexibility index (Phi) is 3.54. The van der Waals surface area contributed by atoms with Crippen molar-refractivity contribution in [2.75, 3.05) is 0 Å². The van der Waals surface area contributed by atoms with E-state index in [1.165, 1.54) is 6.07 Å². The molecule has 0 heterocycles. The molecule has 0 spiro atoms. The zero-order chi connectivity index (χ0) is 12.4. The van der Waals surface area contributed by atoms with Gasteiger partial charge in [-0.25, -0.2) is 0 Å². The number of aromatic hydroxyl groups is 1. The van der Waals surface area contributed by atoms with Gasteiger partial charge in [-0.1, -0.05) is 17.7 Å². The molecular formula is C12H14ClNO3. The molecule has 1 aromatic rings. The number of carboxylic acids is 1. The minimum absolute atomic E-state index is 0.0346. The average Bonchev–Trinajstić information content (AvgIpc) is 3.07. The number of carbonyl (C=O) groups is 1. The van der Waals surface area contributed by atoms with E-state index >= 15 is 0 Å². The number of rotatable bonds is 5. The van der Waals surface area contributed by atoms with Crippen LogP contribution in [0.4, 0.5) is 0 Å². The van der Waals surface area contributed by atoms with Crippen molar-refractivity contribution in [1.82, 2.24) is 5.32 Å². The van der Waals surface area contributed by atoms with E-state index in [4.69, 9.17) is 16.7 Å². The second kappa shape index (κ2) is 4.94. The van der Waals surface area contributed by atoms with Gasteiger partial charge < -0.3 is 15.5 Å². The van der Waals surface area contributed by atoms with Crippen LogP contribution in [0.3, 0.4) is 0 Å². The van der Waals surface area contributed by atoms with Crippen LogP contribution in [0.1, 0.15) is 18.4 Å². The molecule has 1 aromatic carbocycles. The Hall–Kier alpha value is -1.26. The van der Waals surface area contributed by atoms with Gasteiger partial charge in [0.05, 0.1) is 5.02 Å². The summed E-state index contributed by atoms with van der Waals surface area (Å²) < 4.78 is 0. The maximum absolute atomic E-state index is 11.0. The maximum Gasteiger partial charge on any atom is 0.320 e. The van der Waals surface area contributed by atoms with E-state index < -0.39 is 12.0 Å². The predicted octanol–water partition coefficient (Wildman–Crippen LogP) is 2.00. The van der Waals surface area contributed by atoms with Gasteiger partial charge in [0.15, 0.2) is 0 Å². The van der Waals surface area contributed by atoms with Gasteiger partial charge >= 0.3 is 5.97 Å². The number of hydrogen-bond donors (Lipinski definition) is 3. The lowest BCUT2D eigenvalue weighted by Crippen LogP contribution is -2.38. The summed E-state index contributed by atoms with van der Waals surface area (Å²) in [7, 11) is 0. The highest BCUT2D eigenvalue weighted by Gasteiger charge is 2.35. The third-order valence-electron chi connectivity index (χ3n) is 2.90. The van der Waals surface area contributed by atoms with E-state index in [1.54, 1.807) is 12.1 Å². The van der Waals surface area contributed by atoms with Crippen molar-refractivity contribution in [2.45, 2.75) is 25.4 Å². The minimum atomic E-state index is -0.808. The molecule has 0 radical (unpaired) electrons. The van der Waals surface area contributed by atoms with Crippen molar-refractivity contribution in [3.8, 4) is 5.75 Å². The van der Waals surface area contributed by atoms with Crippen LogP contribution in [0.25, 0.3) is 0 Å². The molecule has 1 aliphatic carbocycles. The Labute approximate surface area is 104 Å². The highest BCUT2D eigenvalue weighted by molar-refractivity contribution is 6.32. The second-order valence-electron chi connectivity index (χ2n) is 4.32. The summed E-state index contributed by atoms with van der Waals surface area (Å²) in [6, 6.07) is 4.38. The minimum Gasteiger partial charge on any atom is -0.506 e. The number of hydrogen-bond acceptors (Lipinski definition) is 3. The highest BCUT2D eigenvalue weighted by atomic mass is 35.5. The van der Waals surface area contributed by atoms with E-state index in [2.05, 4.69) is 5.32 Å². The maximum atomic E-state index is 11.0. The van der Waals surface area contributed by atoms with E-state index in [0.717, 1.165) is 18.4 Å². The fraction of sp³-hybridized carbons (Fsp3) is 0.417. The number of phenols is 1. The van der Waals surface area contributed by atoms with E-state index in [1.807, 2.05) is 0 Å². The zero-order valence-electron chi connectivity index (χ0n) is 9.19. The van der Waals surface area contributed by atoms with E-state index in [0.29, 0.717) is 6.54 Å². The molecular weight excluding hydrogens is 242 g/mol. The van der Waals surface area contributed by atoms with Crippen molar-refractivity contribution >= 4 is 17.6 Å². The van der Waals surface area contributed by atoms with Crippen molar-refractivity contribution in [3.05, 3.63) is 28.8 Å². The predicted molar refractivity (Wildman–Crippen MR) is 64.1 cm³/mol. The standard InChI is InChI=1S/C12H14ClNO3/c13-9-5-7(1-4-10(9)15)6-14-11(12(16)17)8-2-3-8/h1,4-5,8,11,14-15H,2-3,6H2,(H,16,17). The first-order valence-corrected chi connectivity index (χ1v) is 5.89. The first-order valence-electron chi connectivity index (χ1n) is 5.51. The molecule has 0 saturated heterocycles. The quantitative estimate of drug-likeness (QED) is 0.753. The van der Waals surface area contributed by atoms with Crippen LogP contribution in [0.15, 0.2) is 18.2 Å². The van der Waals surface area contributed by atoms with Gasteiger partial charge in [-0.15, -0.1) is 0 Å². The monoisotopic (exact) mass is 255 g/mol. The fourth-order valence-corrected chi connectivity index (χ4v) is 1.98. The first kappa shape index (κ1) is 12.2. The smallest absolute Gasteiger partial charge is 0.320 e. The molecule has 1 fully saturated rings. The van der Waals surface area contributed by atoms with Crippen LogP contribution in [-0.4, -0.2) is 22.2 Å². The normalized spacial score (nSPS) is 16.8. The van der Waals surface area contributed by atoms with Gasteiger partial charge in [0.2, 0.25) is 0 Å². The Morgan fingerprint density at radius 3 is 2.76 bits per heavy atom. The zero-order valence-corrected chi connectivity index (χ0v) is 9.94. The van der Waals surface area contributed by atoms with Crippen LogP contribution in [0, 0.1) is 5.92 Å². The topological polar surface area (TPSA) is 69.6 Å². The van der Waals surface area contributed by atoms with Crippen molar-refractivity contribution in [2.24, 2.45) is 5.92 Å². The molecule has 0 amide bonds. The molecule has 2 rings (SSSR count). The summed E-state index contributed by atoms with van der Waals surface area (Å²) in [5.74, 6) is -0.523. The Morgan fingerprint density at radius 2 is 2.24 bits per heavy atom. The molecule has 1 atom stereocenters. The molecule has 4 nitrogen and oxygen atoms in total. The molecule has 5 heteroatoms. The SMILES string of the molecule is O=C(O)C(NCc1ccc(O)c(Cl)c1)C1CC1. The lowest BCUT2D eigenvalue weighted by atomic mass is 10.1. The number of benzene rings is 1. The summed E-state index contributed by atoms with van der Waals surface area (Å²) in [5, 5.41) is 21.6. The fourth-order valence-electron chi connectivity index (χ4n) is 1.77. The van der Waals surface area contributed by atoms with Gasteiger partial charge in [0, 0.05) is 6.54 Å². The molecule has 0 bridgehead atoms. The summed E-state index contributed by atoms with van der Waals surface area (Å²) in [6.45, 7) is 0.438. The third-order valence-corrected chi connectivity index (χ3v) is 3.20. The van der Waals surface area contributed by atoms with Crippen LogP contribution in [-0.2, 0) is 11.3 Å². The molecule has 17 heavy (non-hydrogen) atoms. The summed E-state index contributed by atoms with van der Waals surface area (Å²) in [4.78, 5) is 11.0. The Balaban J connectivity index is 1.96. The number of phenolic OH excluding ortho intramolecular Hbond substituents is 1. The Morgan fingerprint density at radius 1 is 1.53 bits per heavy atom. The number of aliphatic carboxylic acids is 1. The first-order chi connectivity index (χ1) is 8.08. The molecule has 0 aliphatic heterocycles. The lowest BCUT2D eigenvalue weighted by Gasteiger charge is -2.13. The molecule has 3 N–H and O–H groups in total. The van der Waals surface area contributed by atoms with Crippen LogP contribution in [0.5, 0.6) is 5.75 Å². The van der Waals surface area contributed by atoms with Gasteiger partial charge in [0.1, 0.15) is 11.8 Å². The van der Waals surface area contributed by atoms with Crippen LogP contribution in [0.2, 0.25) is 5.02 Å². The average molecular weight is 256 g/mol. The number of carboxylic acid groups (broad SMARTS) is 1. The van der Waals surface area contributed by atoms with Gasteiger partial charge in [-0.05, 0) is 36.5 Å². The van der Waals surface area contributed by atoms with Crippen molar-refractivity contribution in [1.29, 1.82) is 0 Å². The number of nitrogens with one attached hydrogen (secondary N) is 1. The molecule has 1 saturated carbocycles. The largest absolute Gasteiger partial charge is 0.506 e. The van der Waals surface area contributed by atoms with Crippen LogP contribution < -0.4 is 5.32 Å². The third kappa shape index (κ3) is 3.11. The summed E-state index contributed by atoms with van der Waals surface area (Å²) in [6.07, 6.45) is 1.95. The highest BCUT2D eigenvalue weighted by Crippen LogP contribution is 2.33. The van der Waals surface area contributed by atoms with Gasteiger partial charge in [-0.2, -0.15) is 0 Å². The second-order valence-corrected chi connectivity index (χ2v) is 4.73. The van der Waals surface area contributed by atoms with Gasteiger partial charge in [0.25, 0.3) is 0 Å². The lowest BCUT2D eigenvalue weighted by molar-refractivity contribution is -0.140. The molecule has 0 aromatic heterocycles. The molecule has 92 valence electrons.